The molecule has 6 aromatic carbocycles. The SMILES string of the molecule is C1=CCC2C(=C1)c1nc3c4ccccc4c4c(-c5cccc6c5c5ccccc5n6-c5ccccc5)cccc4n3c1N2c1ccccc1. The van der Waals surface area contributed by atoms with Crippen LogP contribution in [0.1, 0.15) is 12.1 Å². The molecule has 4 heteroatoms. The Bertz CT molecular complexity index is 2850. The van der Waals surface area contributed by atoms with Gasteiger partial charge in [-0.2, -0.15) is 0 Å². The largest absolute Gasteiger partial charge is 0.318 e. The molecule has 4 nitrogen and oxygen atoms in total. The van der Waals surface area contributed by atoms with E-state index >= 15 is 0 Å². The van der Waals surface area contributed by atoms with Gasteiger partial charge < -0.3 is 9.47 Å². The molecule has 0 saturated heterocycles. The molecule has 0 radical (unpaired) electrons. The Kier molecular flexibility index (Phi) is 5.47. The van der Waals surface area contributed by atoms with Gasteiger partial charge in [0.05, 0.1) is 22.6 Å². The fourth-order valence-electron chi connectivity index (χ4n) is 8.60. The van der Waals surface area contributed by atoms with Crippen LogP contribution in [-0.4, -0.2) is 20.0 Å². The van der Waals surface area contributed by atoms with Gasteiger partial charge in [-0.15, -0.1) is 0 Å². The first kappa shape index (κ1) is 26.7. The van der Waals surface area contributed by atoms with Gasteiger partial charge in [0, 0.05) is 38.5 Å². The zero-order valence-electron chi connectivity index (χ0n) is 26.7. The summed E-state index contributed by atoms with van der Waals surface area (Å²) in [5.41, 5.74) is 11.7. The smallest absolute Gasteiger partial charge is 0.147 e. The molecule has 230 valence electrons. The fraction of sp³-hybridized carbons (Fsp3) is 0.0444. The summed E-state index contributed by atoms with van der Waals surface area (Å²) in [5, 5.41) is 6.13. The minimum atomic E-state index is 0.212. The molecule has 1 unspecified atom stereocenters. The van der Waals surface area contributed by atoms with E-state index in [0.717, 1.165) is 40.2 Å². The van der Waals surface area contributed by atoms with E-state index in [1.54, 1.807) is 0 Å². The number of nitrogens with zero attached hydrogens (tertiary/aromatic N) is 4. The lowest BCUT2D eigenvalue weighted by Gasteiger charge is -2.29. The predicted octanol–water partition coefficient (Wildman–Crippen LogP) is 11.3. The van der Waals surface area contributed by atoms with Gasteiger partial charge in [-0.3, -0.25) is 4.40 Å². The highest BCUT2D eigenvalue weighted by Crippen LogP contribution is 2.50. The maximum Gasteiger partial charge on any atom is 0.147 e. The van der Waals surface area contributed by atoms with E-state index in [4.69, 9.17) is 4.98 Å². The summed E-state index contributed by atoms with van der Waals surface area (Å²) >= 11 is 0. The van der Waals surface area contributed by atoms with Gasteiger partial charge in [-0.25, -0.2) is 4.98 Å². The summed E-state index contributed by atoms with van der Waals surface area (Å²) in [5.74, 6) is 1.15. The first-order chi connectivity index (χ1) is 24.4. The number of imidazole rings is 1. The highest BCUT2D eigenvalue weighted by molar-refractivity contribution is 6.23. The molecule has 0 spiro atoms. The summed E-state index contributed by atoms with van der Waals surface area (Å²) in [4.78, 5) is 7.99. The molecule has 0 fully saturated rings. The van der Waals surface area contributed by atoms with Crippen LogP contribution in [0, 0.1) is 0 Å². The molecule has 0 N–H and O–H groups in total. The van der Waals surface area contributed by atoms with Crippen molar-refractivity contribution in [1.29, 1.82) is 0 Å². The molecule has 3 aromatic heterocycles. The van der Waals surface area contributed by atoms with E-state index in [-0.39, 0.29) is 6.04 Å². The molecular formula is C45H30N4. The molecule has 0 saturated carbocycles. The third kappa shape index (κ3) is 3.60. The van der Waals surface area contributed by atoms with Crippen molar-refractivity contribution in [2.75, 3.05) is 4.90 Å². The van der Waals surface area contributed by atoms with E-state index < -0.39 is 0 Å². The van der Waals surface area contributed by atoms with Gasteiger partial charge >= 0.3 is 0 Å². The Morgan fingerprint density at radius 1 is 0.531 bits per heavy atom. The van der Waals surface area contributed by atoms with Gasteiger partial charge in [0.15, 0.2) is 0 Å². The zero-order chi connectivity index (χ0) is 32.1. The molecule has 49 heavy (non-hydrogen) atoms. The van der Waals surface area contributed by atoms with Crippen LogP contribution in [0.15, 0.2) is 164 Å². The van der Waals surface area contributed by atoms with Gasteiger partial charge in [-0.05, 0) is 65.4 Å². The summed E-state index contributed by atoms with van der Waals surface area (Å²) < 4.78 is 4.84. The van der Waals surface area contributed by atoms with Crippen molar-refractivity contribution in [3.63, 3.8) is 0 Å². The first-order valence-electron chi connectivity index (χ1n) is 17.0. The van der Waals surface area contributed by atoms with Crippen LogP contribution >= 0.6 is 0 Å². The van der Waals surface area contributed by atoms with Crippen LogP contribution in [0.4, 0.5) is 11.5 Å². The van der Waals surface area contributed by atoms with Crippen LogP contribution in [0.3, 0.4) is 0 Å². The number of allylic oxidation sites excluding steroid dienone is 2. The minimum absolute atomic E-state index is 0.212. The number of aromatic nitrogens is 3. The number of hydrogen-bond acceptors (Lipinski definition) is 2. The third-order valence-electron chi connectivity index (χ3n) is 10.6. The Morgan fingerprint density at radius 3 is 1.92 bits per heavy atom. The van der Waals surface area contributed by atoms with Crippen molar-refractivity contribution >= 4 is 66.2 Å². The molecule has 0 bridgehead atoms. The number of anilines is 2. The maximum atomic E-state index is 5.48. The lowest BCUT2D eigenvalue weighted by molar-refractivity contribution is 0.816. The van der Waals surface area contributed by atoms with Crippen LogP contribution in [-0.2, 0) is 0 Å². The zero-order valence-corrected chi connectivity index (χ0v) is 26.7. The van der Waals surface area contributed by atoms with E-state index in [0.29, 0.717) is 0 Å². The molecule has 4 heterocycles. The van der Waals surface area contributed by atoms with Crippen molar-refractivity contribution in [3.8, 4) is 16.8 Å². The average Bonchev–Trinajstić information content (AvgIpc) is 3.83. The van der Waals surface area contributed by atoms with Crippen LogP contribution in [0.2, 0.25) is 0 Å². The van der Waals surface area contributed by atoms with Crippen molar-refractivity contribution in [2.24, 2.45) is 0 Å². The molecule has 1 aliphatic carbocycles. The number of hydrogen-bond donors (Lipinski definition) is 0. The van der Waals surface area contributed by atoms with Crippen LogP contribution < -0.4 is 4.90 Å². The fourth-order valence-corrected chi connectivity index (χ4v) is 8.60. The number of fused-ring (bicyclic) bond motifs is 13. The number of pyridine rings is 1. The number of benzene rings is 6. The van der Waals surface area contributed by atoms with Crippen molar-refractivity contribution in [2.45, 2.75) is 12.5 Å². The van der Waals surface area contributed by atoms with Gasteiger partial charge in [0.2, 0.25) is 0 Å². The summed E-state index contributed by atoms with van der Waals surface area (Å²) in [6, 6.07) is 53.0. The summed E-state index contributed by atoms with van der Waals surface area (Å²) in [6.07, 6.45) is 7.68. The molecule has 1 aliphatic heterocycles. The van der Waals surface area contributed by atoms with Crippen molar-refractivity contribution in [1.82, 2.24) is 14.0 Å². The predicted molar refractivity (Wildman–Crippen MR) is 204 cm³/mol. The maximum absolute atomic E-state index is 5.48. The van der Waals surface area contributed by atoms with E-state index in [9.17, 15) is 0 Å². The van der Waals surface area contributed by atoms with E-state index in [1.807, 2.05) is 0 Å². The van der Waals surface area contributed by atoms with Crippen molar-refractivity contribution < 1.29 is 0 Å². The van der Waals surface area contributed by atoms with Gasteiger partial charge in [0.25, 0.3) is 0 Å². The highest BCUT2D eigenvalue weighted by Gasteiger charge is 2.40. The summed E-state index contributed by atoms with van der Waals surface area (Å²) in [7, 11) is 0. The Labute approximate surface area is 283 Å². The van der Waals surface area contributed by atoms with E-state index in [1.165, 1.54) is 55.0 Å². The minimum Gasteiger partial charge on any atom is -0.318 e. The van der Waals surface area contributed by atoms with Gasteiger partial charge in [-0.1, -0.05) is 121 Å². The second-order valence-corrected chi connectivity index (χ2v) is 13.1. The monoisotopic (exact) mass is 626 g/mol. The molecule has 11 rings (SSSR count). The molecular weight excluding hydrogens is 597 g/mol. The highest BCUT2D eigenvalue weighted by atomic mass is 15.3. The Morgan fingerprint density at radius 2 is 1.14 bits per heavy atom. The van der Waals surface area contributed by atoms with Gasteiger partial charge in [0.1, 0.15) is 17.2 Å². The lowest BCUT2D eigenvalue weighted by Crippen LogP contribution is -2.28. The Hall–Kier alpha value is -6.39. The number of rotatable bonds is 3. The standard InChI is InChI=1S/C45H30N4/c1-3-15-29(16-4-1)47-37-25-11-9-21-35(37)42-32(24-13-27-39(42)47)31-23-14-28-40-41(31)33-19-7-8-20-34(33)44-46-43-36-22-10-12-26-38(36)48(45(43)49(40)44)30-17-5-2-6-18-30/h1-25,27-28,38H,26H2. The molecule has 9 aromatic rings. The lowest BCUT2D eigenvalue weighted by atomic mass is 9.93. The van der Waals surface area contributed by atoms with E-state index in [2.05, 4.69) is 178 Å². The first-order valence-corrected chi connectivity index (χ1v) is 17.0. The topological polar surface area (TPSA) is 25.5 Å². The summed E-state index contributed by atoms with van der Waals surface area (Å²) in [6.45, 7) is 0. The number of para-hydroxylation sites is 3. The molecule has 1 atom stereocenters. The average molecular weight is 627 g/mol. The van der Waals surface area contributed by atoms with Crippen molar-refractivity contribution in [3.05, 3.63) is 170 Å². The van der Waals surface area contributed by atoms with Crippen LogP contribution in [0.25, 0.3) is 71.5 Å². The van der Waals surface area contributed by atoms with Crippen LogP contribution in [0.5, 0.6) is 0 Å². The third-order valence-corrected chi connectivity index (χ3v) is 10.6. The molecule has 0 amide bonds. The normalized spacial score (nSPS) is 15.5. The quantitative estimate of drug-likeness (QED) is 0.182. The second-order valence-electron chi connectivity index (χ2n) is 13.1. The second kappa shape index (κ2) is 10.1. The molecule has 2 aliphatic rings. The Balaban J connectivity index is 1.29.